The Balaban J connectivity index is 2.12. The zero-order valence-corrected chi connectivity index (χ0v) is 10.00. The highest BCUT2D eigenvalue weighted by molar-refractivity contribution is 5.86. The molecule has 0 unspecified atom stereocenters. The predicted octanol–water partition coefficient (Wildman–Crippen LogP) is 3.15. The van der Waals surface area contributed by atoms with Crippen LogP contribution in [-0.4, -0.2) is 16.1 Å². The minimum atomic E-state index is 0.672. The van der Waals surface area contributed by atoms with Crippen LogP contribution >= 0.6 is 0 Å². The molecule has 2 aromatic carbocycles. The summed E-state index contributed by atoms with van der Waals surface area (Å²) in [6, 6.07) is 13.7. The van der Waals surface area contributed by atoms with E-state index in [1.165, 1.54) is 5.56 Å². The van der Waals surface area contributed by atoms with Crippen LogP contribution < -0.4 is 0 Å². The first kappa shape index (κ1) is 10.7. The number of benzene rings is 2. The molecule has 0 bridgehead atoms. The molecular formula is C15H12N2O. The summed E-state index contributed by atoms with van der Waals surface area (Å²) < 4.78 is 1.83. The first-order chi connectivity index (χ1) is 8.76. The Labute approximate surface area is 105 Å². The maximum Gasteiger partial charge on any atom is 0.150 e. The van der Waals surface area contributed by atoms with Gasteiger partial charge in [-0.25, -0.2) is 4.68 Å². The summed E-state index contributed by atoms with van der Waals surface area (Å²) in [5, 5.41) is 5.46. The van der Waals surface area contributed by atoms with Crippen LogP contribution in [0.25, 0.3) is 16.6 Å². The Morgan fingerprint density at radius 2 is 1.89 bits per heavy atom. The average molecular weight is 236 g/mol. The number of aldehydes is 1. The highest BCUT2D eigenvalue weighted by Crippen LogP contribution is 2.17. The zero-order chi connectivity index (χ0) is 12.5. The van der Waals surface area contributed by atoms with Gasteiger partial charge in [0.15, 0.2) is 0 Å². The Morgan fingerprint density at radius 3 is 2.61 bits per heavy atom. The number of carbonyl (C=O) groups is 1. The lowest BCUT2D eigenvalue weighted by molar-refractivity contribution is 0.112. The summed E-state index contributed by atoms with van der Waals surface area (Å²) in [5.74, 6) is 0. The summed E-state index contributed by atoms with van der Waals surface area (Å²) in [4.78, 5) is 10.7. The molecule has 0 aliphatic heterocycles. The lowest BCUT2D eigenvalue weighted by Gasteiger charge is -2.00. The van der Waals surface area contributed by atoms with Gasteiger partial charge >= 0.3 is 0 Å². The van der Waals surface area contributed by atoms with Gasteiger partial charge in [-0.2, -0.15) is 5.10 Å². The average Bonchev–Trinajstić information content (AvgIpc) is 2.82. The number of rotatable bonds is 2. The van der Waals surface area contributed by atoms with Crippen molar-refractivity contribution in [2.24, 2.45) is 0 Å². The minimum Gasteiger partial charge on any atom is -0.298 e. The van der Waals surface area contributed by atoms with E-state index < -0.39 is 0 Å². The van der Waals surface area contributed by atoms with E-state index in [2.05, 4.69) is 24.2 Å². The van der Waals surface area contributed by atoms with E-state index in [1.807, 2.05) is 35.1 Å². The normalized spacial score (nSPS) is 10.7. The van der Waals surface area contributed by atoms with Crippen molar-refractivity contribution in [3.05, 3.63) is 59.8 Å². The van der Waals surface area contributed by atoms with E-state index in [0.717, 1.165) is 22.9 Å². The third-order valence-corrected chi connectivity index (χ3v) is 2.96. The van der Waals surface area contributed by atoms with Crippen LogP contribution in [0.1, 0.15) is 15.9 Å². The molecule has 0 aliphatic carbocycles. The van der Waals surface area contributed by atoms with Crippen LogP contribution in [0.5, 0.6) is 0 Å². The van der Waals surface area contributed by atoms with E-state index in [4.69, 9.17) is 0 Å². The molecule has 3 heteroatoms. The fourth-order valence-electron chi connectivity index (χ4n) is 1.95. The molecule has 1 aromatic heterocycles. The van der Waals surface area contributed by atoms with E-state index in [0.29, 0.717) is 5.56 Å². The fourth-order valence-corrected chi connectivity index (χ4v) is 1.95. The second-order valence-electron chi connectivity index (χ2n) is 4.35. The summed E-state index contributed by atoms with van der Waals surface area (Å²) in [7, 11) is 0. The molecule has 3 aromatic rings. The van der Waals surface area contributed by atoms with E-state index in [9.17, 15) is 4.79 Å². The van der Waals surface area contributed by atoms with Crippen LogP contribution in [0.4, 0.5) is 0 Å². The van der Waals surface area contributed by atoms with Gasteiger partial charge in [0.25, 0.3) is 0 Å². The second-order valence-corrected chi connectivity index (χ2v) is 4.35. The van der Waals surface area contributed by atoms with Gasteiger partial charge in [-0.3, -0.25) is 4.79 Å². The van der Waals surface area contributed by atoms with Crippen LogP contribution in [-0.2, 0) is 0 Å². The van der Waals surface area contributed by atoms with Gasteiger partial charge < -0.3 is 0 Å². The van der Waals surface area contributed by atoms with Gasteiger partial charge in [0.2, 0.25) is 0 Å². The summed E-state index contributed by atoms with van der Waals surface area (Å²) in [5.41, 5.74) is 3.80. The molecule has 0 saturated heterocycles. The molecule has 0 N–H and O–H groups in total. The monoisotopic (exact) mass is 236 g/mol. The van der Waals surface area contributed by atoms with E-state index in [1.54, 1.807) is 6.07 Å². The van der Waals surface area contributed by atoms with Crippen LogP contribution in [0.3, 0.4) is 0 Å². The molecule has 3 rings (SSSR count). The highest BCUT2D eigenvalue weighted by Gasteiger charge is 2.03. The topological polar surface area (TPSA) is 34.9 Å². The maximum absolute atomic E-state index is 10.7. The van der Waals surface area contributed by atoms with Gasteiger partial charge in [-0.05, 0) is 37.3 Å². The van der Waals surface area contributed by atoms with Gasteiger partial charge in [0.1, 0.15) is 6.29 Å². The van der Waals surface area contributed by atoms with Crippen molar-refractivity contribution < 1.29 is 4.79 Å². The van der Waals surface area contributed by atoms with Gasteiger partial charge in [-0.1, -0.05) is 17.7 Å². The molecule has 0 radical (unpaired) electrons. The fraction of sp³-hybridized carbons (Fsp3) is 0.0667. The molecule has 0 atom stereocenters. The van der Waals surface area contributed by atoms with Crippen molar-refractivity contribution in [1.29, 1.82) is 0 Å². The minimum absolute atomic E-state index is 0.672. The zero-order valence-electron chi connectivity index (χ0n) is 10.00. The predicted molar refractivity (Wildman–Crippen MR) is 71.2 cm³/mol. The Kier molecular flexibility index (Phi) is 2.45. The molecular weight excluding hydrogens is 224 g/mol. The summed E-state index contributed by atoms with van der Waals surface area (Å²) in [6.07, 6.45) is 2.79. The number of fused-ring (bicyclic) bond motifs is 1. The van der Waals surface area contributed by atoms with Crippen molar-refractivity contribution in [2.45, 2.75) is 6.92 Å². The summed E-state index contributed by atoms with van der Waals surface area (Å²) in [6.45, 7) is 2.06. The van der Waals surface area contributed by atoms with Crippen molar-refractivity contribution in [3.63, 3.8) is 0 Å². The van der Waals surface area contributed by atoms with Crippen molar-refractivity contribution in [1.82, 2.24) is 9.78 Å². The van der Waals surface area contributed by atoms with Crippen LogP contribution in [0.2, 0.25) is 0 Å². The Bertz CT molecular complexity index is 711. The Hall–Kier alpha value is -2.42. The van der Waals surface area contributed by atoms with Crippen LogP contribution in [0, 0.1) is 6.92 Å². The standard InChI is InChI=1S/C15H12N2O/c1-11-2-5-14(6-3-11)17-9-13-8-12(10-18)4-7-15(13)16-17/h2-10H,1H3. The van der Waals surface area contributed by atoms with E-state index in [-0.39, 0.29) is 0 Å². The molecule has 88 valence electrons. The first-order valence-corrected chi connectivity index (χ1v) is 5.78. The lowest BCUT2D eigenvalue weighted by atomic mass is 10.2. The second kappa shape index (κ2) is 4.11. The number of hydrogen-bond acceptors (Lipinski definition) is 2. The molecule has 0 amide bonds. The number of aryl methyl sites for hydroxylation is 1. The molecule has 0 aliphatic rings. The molecule has 0 saturated carbocycles. The van der Waals surface area contributed by atoms with Gasteiger partial charge in [0, 0.05) is 17.1 Å². The SMILES string of the molecule is Cc1ccc(-n2cc3cc(C=O)ccc3n2)cc1. The number of hydrogen-bond donors (Lipinski definition) is 0. The van der Waals surface area contributed by atoms with Gasteiger partial charge in [-0.15, -0.1) is 0 Å². The van der Waals surface area contributed by atoms with Crippen molar-refractivity contribution in [2.75, 3.05) is 0 Å². The number of aromatic nitrogens is 2. The number of carbonyl (C=O) groups excluding carboxylic acids is 1. The highest BCUT2D eigenvalue weighted by atomic mass is 16.1. The maximum atomic E-state index is 10.7. The molecule has 0 spiro atoms. The third-order valence-electron chi connectivity index (χ3n) is 2.96. The smallest absolute Gasteiger partial charge is 0.150 e. The largest absolute Gasteiger partial charge is 0.298 e. The number of nitrogens with zero attached hydrogens (tertiary/aromatic N) is 2. The molecule has 18 heavy (non-hydrogen) atoms. The van der Waals surface area contributed by atoms with Crippen LogP contribution in [0.15, 0.2) is 48.7 Å². The van der Waals surface area contributed by atoms with Crippen molar-refractivity contribution in [3.8, 4) is 5.69 Å². The van der Waals surface area contributed by atoms with Gasteiger partial charge in [0.05, 0.1) is 11.2 Å². The molecule has 3 nitrogen and oxygen atoms in total. The van der Waals surface area contributed by atoms with E-state index >= 15 is 0 Å². The lowest BCUT2D eigenvalue weighted by Crippen LogP contribution is -1.93. The summed E-state index contributed by atoms with van der Waals surface area (Å²) >= 11 is 0. The molecule has 0 fully saturated rings. The first-order valence-electron chi connectivity index (χ1n) is 5.78. The third kappa shape index (κ3) is 1.80. The quantitative estimate of drug-likeness (QED) is 0.641. The molecule has 1 heterocycles. The Morgan fingerprint density at radius 1 is 1.11 bits per heavy atom. The van der Waals surface area contributed by atoms with Crippen molar-refractivity contribution >= 4 is 17.2 Å².